The summed E-state index contributed by atoms with van der Waals surface area (Å²) in [5, 5.41) is 0. The van der Waals surface area contributed by atoms with Gasteiger partial charge in [-0.05, 0) is 40.5 Å². The molecule has 0 radical (unpaired) electrons. The van der Waals surface area contributed by atoms with Crippen LogP contribution in [0.15, 0.2) is 0 Å². The van der Waals surface area contributed by atoms with Crippen molar-refractivity contribution in [2.45, 2.75) is 72.0 Å². The van der Waals surface area contributed by atoms with Gasteiger partial charge in [-0.1, -0.05) is 13.8 Å². The molecule has 3 nitrogen and oxygen atoms in total. The van der Waals surface area contributed by atoms with Crippen LogP contribution in [0.5, 0.6) is 0 Å². The summed E-state index contributed by atoms with van der Waals surface area (Å²) in [4.78, 5) is 5.28. The fourth-order valence-corrected chi connectivity index (χ4v) is 3.44. The number of likely N-dealkylation sites (tertiary alicyclic amines) is 1. The number of hydrogen-bond donors (Lipinski definition) is 0. The molecule has 1 spiro atoms. The first-order valence-electron chi connectivity index (χ1n) is 8.14. The smallest absolute Gasteiger partial charge is 0.0652 e. The molecule has 0 N–H and O–H groups in total. The van der Waals surface area contributed by atoms with Gasteiger partial charge in [0.25, 0.3) is 0 Å². The molecule has 2 fully saturated rings. The summed E-state index contributed by atoms with van der Waals surface area (Å²) in [6.07, 6.45) is 2.53. The topological polar surface area (TPSA) is 15.7 Å². The second-order valence-corrected chi connectivity index (χ2v) is 6.19. The summed E-state index contributed by atoms with van der Waals surface area (Å²) in [7, 11) is 0. The highest BCUT2D eigenvalue weighted by molar-refractivity contribution is 4.98. The van der Waals surface area contributed by atoms with Gasteiger partial charge in [0.1, 0.15) is 0 Å². The lowest BCUT2D eigenvalue weighted by Crippen LogP contribution is -2.63. The fourth-order valence-electron chi connectivity index (χ4n) is 3.44. The fraction of sp³-hybridized carbons (Fsp3) is 1.00. The third-order valence-electron chi connectivity index (χ3n) is 4.54. The minimum atomic E-state index is 0.331. The quantitative estimate of drug-likeness (QED) is 0.767. The number of rotatable bonds is 2. The van der Waals surface area contributed by atoms with E-state index in [2.05, 4.69) is 37.5 Å². The van der Waals surface area contributed by atoms with Crippen molar-refractivity contribution in [1.29, 1.82) is 0 Å². The van der Waals surface area contributed by atoms with Crippen molar-refractivity contribution in [3.05, 3.63) is 0 Å². The molecule has 0 amide bonds. The molecule has 2 rings (SSSR count). The average molecular weight is 270 g/mol. The lowest BCUT2D eigenvalue weighted by atomic mass is 9.84. The predicted octanol–water partition coefficient (Wildman–Crippen LogP) is 3.00. The van der Waals surface area contributed by atoms with Gasteiger partial charge in [-0.15, -0.1) is 0 Å². The van der Waals surface area contributed by atoms with E-state index >= 15 is 0 Å². The van der Waals surface area contributed by atoms with Crippen LogP contribution in [0.25, 0.3) is 0 Å². The van der Waals surface area contributed by atoms with Crippen molar-refractivity contribution in [3.8, 4) is 0 Å². The highest BCUT2D eigenvalue weighted by Gasteiger charge is 2.43. The Morgan fingerprint density at radius 2 is 1.47 bits per heavy atom. The summed E-state index contributed by atoms with van der Waals surface area (Å²) in [5.41, 5.74) is 0.331. The molecule has 2 saturated heterocycles. The van der Waals surface area contributed by atoms with Gasteiger partial charge in [0.05, 0.1) is 13.2 Å². The first-order valence-corrected chi connectivity index (χ1v) is 8.14. The van der Waals surface area contributed by atoms with Crippen LogP contribution < -0.4 is 0 Å². The molecule has 0 bridgehead atoms. The largest absolute Gasteiger partial charge is 0.378 e. The van der Waals surface area contributed by atoms with Crippen molar-refractivity contribution < 1.29 is 4.74 Å². The molecule has 114 valence electrons. The summed E-state index contributed by atoms with van der Waals surface area (Å²) < 4.78 is 5.78. The van der Waals surface area contributed by atoms with Crippen LogP contribution in [0.1, 0.15) is 54.4 Å². The van der Waals surface area contributed by atoms with Gasteiger partial charge in [-0.3, -0.25) is 4.90 Å². The van der Waals surface area contributed by atoms with Gasteiger partial charge in [-0.2, -0.15) is 0 Å². The van der Waals surface area contributed by atoms with E-state index in [9.17, 15) is 0 Å². The van der Waals surface area contributed by atoms with Crippen LogP contribution in [0.2, 0.25) is 0 Å². The number of nitrogens with zero attached hydrogens (tertiary/aromatic N) is 2. The lowest BCUT2D eigenvalue weighted by Gasteiger charge is -2.53. The Kier molecular flexibility index (Phi) is 6.78. The van der Waals surface area contributed by atoms with E-state index in [0.717, 1.165) is 19.8 Å². The molecule has 2 aliphatic heterocycles. The zero-order valence-electron chi connectivity index (χ0n) is 13.9. The molecule has 2 aliphatic rings. The van der Waals surface area contributed by atoms with Crippen molar-refractivity contribution in [3.63, 3.8) is 0 Å². The standard InChI is InChI=1S/C14H28N2O.C2H6/c1-12(2)15-7-5-14(6-8-15)11-17-10-9-16(14)13(3)4;1-2/h12-13H,5-11H2,1-4H3;1-2H3. The van der Waals surface area contributed by atoms with E-state index in [1.165, 1.54) is 25.9 Å². The average Bonchev–Trinajstić information content (AvgIpc) is 2.41. The number of piperidine rings is 1. The highest BCUT2D eigenvalue weighted by atomic mass is 16.5. The first kappa shape index (κ1) is 16.9. The Labute approximate surface area is 120 Å². The van der Waals surface area contributed by atoms with Gasteiger partial charge in [0.15, 0.2) is 0 Å². The predicted molar refractivity (Wildman–Crippen MR) is 82.7 cm³/mol. The van der Waals surface area contributed by atoms with E-state index in [1.807, 2.05) is 13.8 Å². The Balaban J connectivity index is 0.000000861. The minimum Gasteiger partial charge on any atom is -0.378 e. The van der Waals surface area contributed by atoms with E-state index in [0.29, 0.717) is 17.6 Å². The molecule has 0 saturated carbocycles. The summed E-state index contributed by atoms with van der Waals surface area (Å²) >= 11 is 0. The van der Waals surface area contributed by atoms with E-state index < -0.39 is 0 Å². The summed E-state index contributed by atoms with van der Waals surface area (Å²) in [6.45, 7) is 18.7. The van der Waals surface area contributed by atoms with Crippen LogP contribution >= 0.6 is 0 Å². The Hall–Kier alpha value is -0.120. The van der Waals surface area contributed by atoms with Crippen LogP contribution in [-0.2, 0) is 4.74 Å². The van der Waals surface area contributed by atoms with Gasteiger partial charge in [-0.25, -0.2) is 0 Å². The maximum atomic E-state index is 5.78. The molecule has 0 aliphatic carbocycles. The van der Waals surface area contributed by atoms with Crippen molar-refractivity contribution in [1.82, 2.24) is 9.80 Å². The highest BCUT2D eigenvalue weighted by Crippen LogP contribution is 2.33. The summed E-state index contributed by atoms with van der Waals surface area (Å²) in [6, 6.07) is 1.33. The monoisotopic (exact) mass is 270 g/mol. The first-order chi connectivity index (χ1) is 9.05. The zero-order valence-corrected chi connectivity index (χ0v) is 13.9. The molecule has 0 aromatic rings. The van der Waals surface area contributed by atoms with Crippen LogP contribution in [0, 0.1) is 0 Å². The van der Waals surface area contributed by atoms with Crippen LogP contribution in [-0.4, -0.2) is 60.3 Å². The van der Waals surface area contributed by atoms with Crippen molar-refractivity contribution in [2.75, 3.05) is 32.8 Å². The van der Waals surface area contributed by atoms with Gasteiger partial charge in [0.2, 0.25) is 0 Å². The third-order valence-corrected chi connectivity index (χ3v) is 4.54. The second kappa shape index (κ2) is 7.61. The molecular formula is C16H34N2O. The normalized spacial score (nSPS) is 24.6. The summed E-state index contributed by atoms with van der Waals surface area (Å²) in [5.74, 6) is 0. The molecule has 3 heteroatoms. The number of hydrogen-bond acceptors (Lipinski definition) is 3. The second-order valence-electron chi connectivity index (χ2n) is 6.19. The number of morpholine rings is 1. The van der Waals surface area contributed by atoms with Crippen LogP contribution in [0.4, 0.5) is 0 Å². The zero-order chi connectivity index (χ0) is 14.5. The minimum absolute atomic E-state index is 0.331. The molecule has 0 atom stereocenters. The SMILES string of the molecule is CC.CC(C)N1CCC2(CC1)COCCN2C(C)C. The van der Waals surface area contributed by atoms with Gasteiger partial charge < -0.3 is 9.64 Å². The Morgan fingerprint density at radius 1 is 0.895 bits per heavy atom. The molecule has 0 aromatic carbocycles. The molecular weight excluding hydrogens is 236 g/mol. The van der Waals surface area contributed by atoms with Crippen LogP contribution in [0.3, 0.4) is 0 Å². The van der Waals surface area contributed by atoms with E-state index in [-0.39, 0.29) is 0 Å². The van der Waals surface area contributed by atoms with Gasteiger partial charge >= 0.3 is 0 Å². The van der Waals surface area contributed by atoms with Crippen molar-refractivity contribution in [2.24, 2.45) is 0 Å². The van der Waals surface area contributed by atoms with Crippen molar-refractivity contribution >= 4 is 0 Å². The maximum Gasteiger partial charge on any atom is 0.0652 e. The molecule has 0 unspecified atom stereocenters. The molecule has 19 heavy (non-hydrogen) atoms. The lowest BCUT2D eigenvalue weighted by molar-refractivity contribution is -0.110. The third kappa shape index (κ3) is 3.93. The molecule has 2 heterocycles. The number of ether oxygens (including phenoxy) is 1. The molecule has 0 aromatic heterocycles. The Bertz CT molecular complexity index is 245. The van der Waals surface area contributed by atoms with Gasteiger partial charge in [0, 0.05) is 37.3 Å². The Morgan fingerprint density at radius 3 is 1.95 bits per heavy atom. The maximum absolute atomic E-state index is 5.78. The van der Waals surface area contributed by atoms with E-state index in [1.54, 1.807) is 0 Å². The van der Waals surface area contributed by atoms with E-state index in [4.69, 9.17) is 4.74 Å².